The van der Waals surface area contributed by atoms with Gasteiger partial charge in [0.15, 0.2) is 0 Å². The number of epoxide rings is 1. The molecular weight excluding hydrogens is 172 g/mol. The molecule has 1 rings (SSSR count). The maximum Gasteiger partial charge on any atom is 0.104 e. The summed E-state index contributed by atoms with van der Waals surface area (Å²) in [5.74, 6) is 0. The lowest BCUT2D eigenvalue weighted by Gasteiger charge is -2.02. The van der Waals surface area contributed by atoms with Crippen LogP contribution in [0.4, 0.5) is 0 Å². The molecule has 78 valence electrons. The predicted octanol–water partition coefficient (Wildman–Crippen LogP) is 0.191. The molecule has 4 heteroatoms. The van der Waals surface area contributed by atoms with Crippen molar-refractivity contribution in [3.63, 3.8) is 0 Å². The monoisotopic (exact) mass is 190 g/mol. The van der Waals surface area contributed by atoms with Gasteiger partial charge in [-0.1, -0.05) is 0 Å². The molecule has 1 aliphatic rings. The van der Waals surface area contributed by atoms with Gasteiger partial charge in [0.1, 0.15) is 6.10 Å². The predicted molar refractivity (Wildman–Crippen MR) is 47.7 cm³/mol. The van der Waals surface area contributed by atoms with Crippen molar-refractivity contribution in [2.24, 2.45) is 0 Å². The molecule has 1 unspecified atom stereocenters. The van der Waals surface area contributed by atoms with E-state index < -0.39 is 0 Å². The lowest BCUT2D eigenvalue weighted by Crippen LogP contribution is -2.05. The molecule has 0 radical (unpaired) electrons. The Morgan fingerprint density at radius 1 is 1.15 bits per heavy atom. The third-order valence-corrected chi connectivity index (χ3v) is 1.77. The number of aliphatic hydroxyl groups is 1. The molecule has 0 bridgehead atoms. The fraction of sp³-hybridized carbons (Fsp3) is 1.00. The molecule has 13 heavy (non-hydrogen) atoms. The van der Waals surface area contributed by atoms with Crippen LogP contribution in [0.5, 0.6) is 0 Å². The van der Waals surface area contributed by atoms with Crippen LogP contribution in [0.25, 0.3) is 0 Å². The van der Waals surface area contributed by atoms with E-state index in [0.717, 1.165) is 32.7 Å². The van der Waals surface area contributed by atoms with Crippen LogP contribution in [-0.2, 0) is 14.2 Å². The first kappa shape index (κ1) is 10.9. The van der Waals surface area contributed by atoms with Gasteiger partial charge in [0.05, 0.1) is 26.4 Å². The van der Waals surface area contributed by atoms with Gasteiger partial charge in [-0.05, 0) is 12.8 Å². The molecule has 0 aromatic rings. The molecule has 1 aliphatic heterocycles. The van der Waals surface area contributed by atoms with Crippen molar-refractivity contribution in [1.29, 1.82) is 0 Å². The summed E-state index contributed by atoms with van der Waals surface area (Å²) in [4.78, 5) is 0. The highest BCUT2D eigenvalue weighted by atomic mass is 16.6. The minimum atomic E-state index is 0.107. The maximum atomic E-state index is 8.41. The van der Waals surface area contributed by atoms with Crippen molar-refractivity contribution in [2.75, 3.05) is 39.6 Å². The van der Waals surface area contributed by atoms with Crippen LogP contribution in [0.1, 0.15) is 12.8 Å². The van der Waals surface area contributed by atoms with Crippen LogP contribution in [0.3, 0.4) is 0 Å². The van der Waals surface area contributed by atoms with E-state index in [-0.39, 0.29) is 6.61 Å². The summed E-state index contributed by atoms with van der Waals surface area (Å²) in [6, 6.07) is 0. The van der Waals surface area contributed by atoms with Crippen molar-refractivity contribution in [3.8, 4) is 0 Å². The minimum absolute atomic E-state index is 0.107. The normalized spacial score (nSPS) is 20.5. The van der Waals surface area contributed by atoms with Gasteiger partial charge in [-0.2, -0.15) is 0 Å². The maximum absolute atomic E-state index is 8.41. The Morgan fingerprint density at radius 3 is 2.46 bits per heavy atom. The van der Waals surface area contributed by atoms with Gasteiger partial charge in [0, 0.05) is 13.2 Å². The van der Waals surface area contributed by atoms with Gasteiger partial charge in [-0.3, -0.25) is 0 Å². The molecule has 0 aliphatic carbocycles. The summed E-state index contributed by atoms with van der Waals surface area (Å²) in [7, 11) is 0. The van der Waals surface area contributed by atoms with E-state index in [0.29, 0.717) is 19.3 Å². The van der Waals surface area contributed by atoms with Crippen LogP contribution in [-0.4, -0.2) is 50.9 Å². The molecule has 0 saturated carbocycles. The largest absolute Gasteiger partial charge is 0.394 e. The Hall–Kier alpha value is -0.160. The van der Waals surface area contributed by atoms with Crippen molar-refractivity contribution >= 4 is 0 Å². The Morgan fingerprint density at radius 2 is 1.85 bits per heavy atom. The van der Waals surface area contributed by atoms with Crippen molar-refractivity contribution in [2.45, 2.75) is 18.9 Å². The van der Waals surface area contributed by atoms with Crippen LogP contribution in [0, 0.1) is 0 Å². The van der Waals surface area contributed by atoms with Crippen molar-refractivity contribution in [1.82, 2.24) is 0 Å². The third-order valence-electron chi connectivity index (χ3n) is 1.77. The van der Waals surface area contributed by atoms with Gasteiger partial charge in [0.25, 0.3) is 0 Å². The fourth-order valence-corrected chi connectivity index (χ4v) is 0.954. The van der Waals surface area contributed by atoms with Crippen LogP contribution >= 0.6 is 0 Å². The number of unbranched alkanes of at least 4 members (excludes halogenated alkanes) is 1. The number of rotatable bonds is 9. The average Bonchev–Trinajstić information content (AvgIpc) is 2.93. The summed E-state index contributed by atoms with van der Waals surface area (Å²) in [5.41, 5.74) is 0. The highest BCUT2D eigenvalue weighted by molar-refractivity contribution is 4.66. The van der Waals surface area contributed by atoms with Gasteiger partial charge in [-0.25, -0.2) is 0 Å². The topological polar surface area (TPSA) is 51.2 Å². The minimum Gasteiger partial charge on any atom is -0.394 e. The molecule has 1 atom stereocenters. The Bertz CT molecular complexity index is 114. The molecule has 1 fully saturated rings. The van der Waals surface area contributed by atoms with Gasteiger partial charge >= 0.3 is 0 Å². The van der Waals surface area contributed by atoms with E-state index in [4.69, 9.17) is 19.3 Å². The number of hydrogen-bond donors (Lipinski definition) is 1. The average molecular weight is 190 g/mol. The SMILES string of the molecule is OCCOCCCCOCC1CO1. The quantitative estimate of drug-likeness (QED) is 0.416. The number of hydrogen-bond acceptors (Lipinski definition) is 4. The van der Waals surface area contributed by atoms with Gasteiger partial charge in [-0.15, -0.1) is 0 Å². The number of ether oxygens (including phenoxy) is 3. The molecule has 0 amide bonds. The van der Waals surface area contributed by atoms with E-state index in [2.05, 4.69) is 0 Å². The first-order valence-electron chi connectivity index (χ1n) is 4.81. The first-order chi connectivity index (χ1) is 6.43. The third kappa shape index (κ3) is 6.95. The highest BCUT2D eigenvalue weighted by Crippen LogP contribution is 2.08. The molecule has 4 nitrogen and oxygen atoms in total. The van der Waals surface area contributed by atoms with Crippen molar-refractivity contribution < 1.29 is 19.3 Å². The molecule has 0 spiro atoms. The molecular formula is C9H18O4. The molecule has 0 aromatic heterocycles. The van der Waals surface area contributed by atoms with E-state index in [9.17, 15) is 0 Å². The van der Waals surface area contributed by atoms with Gasteiger partial charge < -0.3 is 19.3 Å². The van der Waals surface area contributed by atoms with Crippen LogP contribution in [0.2, 0.25) is 0 Å². The highest BCUT2D eigenvalue weighted by Gasteiger charge is 2.21. The Kier molecular flexibility index (Phi) is 6.10. The molecule has 0 aromatic carbocycles. The van der Waals surface area contributed by atoms with Crippen LogP contribution < -0.4 is 0 Å². The number of aliphatic hydroxyl groups excluding tert-OH is 1. The molecule has 1 heterocycles. The zero-order valence-electron chi connectivity index (χ0n) is 7.91. The first-order valence-corrected chi connectivity index (χ1v) is 4.81. The summed E-state index contributed by atoms with van der Waals surface area (Å²) >= 11 is 0. The van der Waals surface area contributed by atoms with E-state index in [1.807, 2.05) is 0 Å². The van der Waals surface area contributed by atoms with E-state index in [1.165, 1.54) is 0 Å². The summed E-state index contributed by atoms with van der Waals surface area (Å²) in [5, 5.41) is 8.41. The standard InChI is InChI=1S/C9H18O4/c10-3-6-11-4-1-2-5-12-7-9-8-13-9/h9-10H,1-8H2. The fourth-order valence-electron chi connectivity index (χ4n) is 0.954. The van der Waals surface area contributed by atoms with Crippen LogP contribution in [0.15, 0.2) is 0 Å². The smallest absolute Gasteiger partial charge is 0.104 e. The summed E-state index contributed by atoms with van der Waals surface area (Å²) in [6.07, 6.45) is 2.37. The molecule has 1 saturated heterocycles. The zero-order chi connectivity index (χ0) is 9.36. The lowest BCUT2D eigenvalue weighted by atomic mass is 10.3. The van der Waals surface area contributed by atoms with Gasteiger partial charge in [0.2, 0.25) is 0 Å². The lowest BCUT2D eigenvalue weighted by molar-refractivity contribution is 0.0764. The second-order valence-corrected chi connectivity index (χ2v) is 3.07. The molecule has 1 N–H and O–H groups in total. The summed E-state index contributed by atoms with van der Waals surface area (Å²) in [6.45, 7) is 3.63. The van der Waals surface area contributed by atoms with Crippen molar-refractivity contribution in [3.05, 3.63) is 0 Å². The van der Waals surface area contributed by atoms with E-state index in [1.54, 1.807) is 0 Å². The zero-order valence-corrected chi connectivity index (χ0v) is 7.91. The second-order valence-electron chi connectivity index (χ2n) is 3.07. The van der Waals surface area contributed by atoms with E-state index >= 15 is 0 Å². The Balaban J connectivity index is 1.63. The second kappa shape index (κ2) is 7.26. The Labute approximate surface area is 78.8 Å². The summed E-state index contributed by atoms with van der Waals surface area (Å²) < 4.78 is 15.4.